The van der Waals surface area contributed by atoms with Gasteiger partial charge in [0.2, 0.25) is 10.0 Å². The summed E-state index contributed by atoms with van der Waals surface area (Å²) in [5, 5.41) is 1.75. The summed E-state index contributed by atoms with van der Waals surface area (Å²) >= 11 is 6.14. The van der Waals surface area contributed by atoms with E-state index in [0.717, 1.165) is 34.9 Å². The van der Waals surface area contributed by atoms with E-state index in [1.54, 1.807) is 12.1 Å². The molecule has 1 saturated carbocycles. The number of sulfonamides is 1. The van der Waals surface area contributed by atoms with E-state index in [4.69, 9.17) is 11.6 Å². The number of aromatic nitrogens is 1. The van der Waals surface area contributed by atoms with Gasteiger partial charge < -0.3 is 4.98 Å². The molecular weight excluding hydrogens is 356 g/mol. The molecule has 0 bridgehead atoms. The van der Waals surface area contributed by atoms with E-state index in [2.05, 4.69) is 9.71 Å². The number of halogens is 1. The molecule has 0 aliphatic heterocycles. The lowest BCUT2D eigenvalue weighted by atomic mass is 9.96. The van der Waals surface area contributed by atoms with Crippen molar-refractivity contribution in [2.45, 2.75) is 30.1 Å². The average molecular weight is 375 g/mol. The van der Waals surface area contributed by atoms with Crippen LogP contribution in [0, 0.1) is 6.92 Å². The van der Waals surface area contributed by atoms with E-state index >= 15 is 0 Å². The Hall–Kier alpha value is -1.82. The summed E-state index contributed by atoms with van der Waals surface area (Å²) in [6.45, 7) is 2.20. The molecular formula is C19H19ClN2O2S. The molecule has 0 radical (unpaired) electrons. The van der Waals surface area contributed by atoms with Gasteiger partial charge in [0.25, 0.3) is 0 Å². The molecule has 1 fully saturated rings. The first kappa shape index (κ1) is 16.6. The van der Waals surface area contributed by atoms with Crippen LogP contribution in [0.5, 0.6) is 0 Å². The highest BCUT2D eigenvalue weighted by atomic mass is 35.5. The Balaban J connectivity index is 1.62. The summed E-state index contributed by atoms with van der Waals surface area (Å²) in [6, 6.07) is 12.8. The third-order valence-corrected chi connectivity index (χ3v) is 6.85. The minimum absolute atomic E-state index is 0.154. The van der Waals surface area contributed by atoms with Crippen molar-refractivity contribution >= 4 is 32.5 Å². The molecule has 3 aromatic rings. The van der Waals surface area contributed by atoms with Gasteiger partial charge >= 0.3 is 0 Å². The van der Waals surface area contributed by atoms with Crippen molar-refractivity contribution in [1.29, 1.82) is 0 Å². The lowest BCUT2D eigenvalue weighted by molar-refractivity contribution is 0.567. The maximum Gasteiger partial charge on any atom is 0.240 e. The van der Waals surface area contributed by atoms with Crippen LogP contribution in [-0.4, -0.2) is 19.9 Å². The monoisotopic (exact) mass is 374 g/mol. The Morgan fingerprint density at radius 2 is 1.96 bits per heavy atom. The summed E-state index contributed by atoms with van der Waals surface area (Å²) in [5.41, 5.74) is 2.75. The average Bonchev–Trinajstić information content (AvgIpc) is 3.26. The van der Waals surface area contributed by atoms with Crippen LogP contribution in [0.25, 0.3) is 10.9 Å². The van der Waals surface area contributed by atoms with E-state index in [9.17, 15) is 8.42 Å². The summed E-state index contributed by atoms with van der Waals surface area (Å²) in [5.74, 6) is 0. The fraction of sp³-hybridized carbons (Fsp3) is 0.263. The second kappa shape index (κ2) is 5.87. The first-order valence-electron chi connectivity index (χ1n) is 8.24. The number of H-pyrrole nitrogens is 1. The minimum atomic E-state index is -3.52. The zero-order valence-corrected chi connectivity index (χ0v) is 15.4. The van der Waals surface area contributed by atoms with Gasteiger partial charge in [-0.1, -0.05) is 29.8 Å². The summed E-state index contributed by atoms with van der Waals surface area (Å²) in [7, 11) is -3.52. The van der Waals surface area contributed by atoms with Gasteiger partial charge in [0.1, 0.15) is 0 Å². The molecule has 4 rings (SSSR count). The number of aryl methyl sites for hydroxylation is 1. The second-order valence-electron chi connectivity index (χ2n) is 6.76. The zero-order valence-electron chi connectivity index (χ0n) is 13.8. The predicted octanol–water partition coefficient (Wildman–Crippen LogP) is 4.14. The van der Waals surface area contributed by atoms with Crippen molar-refractivity contribution in [3.05, 3.63) is 64.8 Å². The van der Waals surface area contributed by atoms with Gasteiger partial charge in [-0.3, -0.25) is 0 Å². The maximum atomic E-state index is 12.7. The van der Waals surface area contributed by atoms with Crippen LogP contribution >= 0.6 is 11.6 Å². The molecule has 130 valence electrons. The van der Waals surface area contributed by atoms with Crippen molar-refractivity contribution in [1.82, 2.24) is 9.71 Å². The Morgan fingerprint density at radius 3 is 2.68 bits per heavy atom. The zero-order chi connectivity index (χ0) is 17.7. The van der Waals surface area contributed by atoms with Crippen LogP contribution in [0.4, 0.5) is 0 Å². The molecule has 1 aromatic heterocycles. The number of aromatic amines is 1. The van der Waals surface area contributed by atoms with Gasteiger partial charge in [-0.05, 0) is 55.2 Å². The quantitative estimate of drug-likeness (QED) is 0.705. The number of nitrogens with one attached hydrogen (secondary N) is 2. The highest BCUT2D eigenvalue weighted by molar-refractivity contribution is 7.89. The van der Waals surface area contributed by atoms with Crippen LogP contribution < -0.4 is 4.72 Å². The molecule has 4 nitrogen and oxygen atoms in total. The van der Waals surface area contributed by atoms with E-state index < -0.39 is 10.0 Å². The van der Waals surface area contributed by atoms with Crippen molar-refractivity contribution in [3.8, 4) is 0 Å². The third-order valence-electron chi connectivity index (χ3n) is 5.05. The SMILES string of the molecule is Cc1ccccc1S(=O)(=O)NCC1(c2c[nH]c3ccc(Cl)cc23)CC1. The molecule has 1 aliphatic carbocycles. The van der Waals surface area contributed by atoms with Crippen LogP contribution in [0.3, 0.4) is 0 Å². The van der Waals surface area contributed by atoms with E-state index in [0.29, 0.717) is 16.5 Å². The van der Waals surface area contributed by atoms with Crippen molar-refractivity contribution < 1.29 is 8.42 Å². The molecule has 0 amide bonds. The molecule has 0 atom stereocenters. The molecule has 6 heteroatoms. The first-order chi connectivity index (χ1) is 11.9. The second-order valence-corrected chi connectivity index (χ2v) is 8.93. The maximum absolute atomic E-state index is 12.7. The largest absolute Gasteiger partial charge is 0.361 e. The lowest BCUT2D eigenvalue weighted by Crippen LogP contribution is -2.32. The smallest absolute Gasteiger partial charge is 0.240 e. The highest BCUT2D eigenvalue weighted by Gasteiger charge is 2.46. The van der Waals surface area contributed by atoms with Crippen LogP contribution in [0.2, 0.25) is 5.02 Å². The lowest BCUT2D eigenvalue weighted by Gasteiger charge is -2.17. The number of rotatable bonds is 5. The van der Waals surface area contributed by atoms with Gasteiger partial charge in [-0.2, -0.15) is 0 Å². The van der Waals surface area contributed by atoms with Crippen LogP contribution in [-0.2, 0) is 15.4 Å². The molecule has 1 aliphatic rings. The highest BCUT2D eigenvalue weighted by Crippen LogP contribution is 2.50. The van der Waals surface area contributed by atoms with Crippen molar-refractivity contribution in [2.75, 3.05) is 6.54 Å². The van der Waals surface area contributed by atoms with E-state index in [1.165, 1.54) is 0 Å². The third kappa shape index (κ3) is 2.97. The first-order valence-corrected chi connectivity index (χ1v) is 10.1. The molecule has 0 saturated heterocycles. The van der Waals surface area contributed by atoms with Gasteiger partial charge in [-0.15, -0.1) is 0 Å². The molecule has 2 N–H and O–H groups in total. The number of hydrogen-bond acceptors (Lipinski definition) is 2. The van der Waals surface area contributed by atoms with Crippen molar-refractivity contribution in [2.24, 2.45) is 0 Å². The van der Waals surface area contributed by atoms with Gasteiger partial charge in [-0.25, -0.2) is 13.1 Å². The van der Waals surface area contributed by atoms with Crippen molar-refractivity contribution in [3.63, 3.8) is 0 Å². The number of benzene rings is 2. The number of fused-ring (bicyclic) bond motifs is 1. The standard InChI is InChI=1S/C19H19ClN2O2S/c1-13-4-2-3-5-18(13)25(23,24)22-12-19(8-9-19)16-11-21-17-7-6-14(20)10-15(16)17/h2-7,10-11,21-22H,8-9,12H2,1H3. The minimum Gasteiger partial charge on any atom is -0.361 e. The molecule has 25 heavy (non-hydrogen) atoms. The Bertz CT molecular complexity index is 1050. The summed E-state index contributed by atoms with van der Waals surface area (Å²) < 4.78 is 28.2. The molecule has 1 heterocycles. The predicted molar refractivity (Wildman–Crippen MR) is 101 cm³/mol. The Kier molecular flexibility index (Phi) is 3.90. The van der Waals surface area contributed by atoms with E-state index in [1.807, 2.05) is 43.5 Å². The fourth-order valence-corrected chi connectivity index (χ4v) is 4.94. The summed E-state index contributed by atoms with van der Waals surface area (Å²) in [4.78, 5) is 3.60. The summed E-state index contributed by atoms with van der Waals surface area (Å²) in [6.07, 6.45) is 3.90. The van der Waals surface area contributed by atoms with Crippen LogP contribution in [0.1, 0.15) is 24.0 Å². The molecule has 0 unspecified atom stereocenters. The topological polar surface area (TPSA) is 62.0 Å². The Labute approximate surface area is 152 Å². The normalized spacial score (nSPS) is 16.2. The molecule has 2 aromatic carbocycles. The Morgan fingerprint density at radius 1 is 1.20 bits per heavy atom. The van der Waals surface area contributed by atoms with E-state index in [-0.39, 0.29) is 5.41 Å². The fourth-order valence-electron chi connectivity index (χ4n) is 3.39. The van der Waals surface area contributed by atoms with Gasteiger partial charge in [0.05, 0.1) is 4.90 Å². The number of hydrogen-bond donors (Lipinski definition) is 2. The van der Waals surface area contributed by atoms with Gasteiger partial charge in [0, 0.05) is 34.1 Å². The van der Waals surface area contributed by atoms with Gasteiger partial charge in [0.15, 0.2) is 0 Å². The van der Waals surface area contributed by atoms with Crippen LogP contribution in [0.15, 0.2) is 53.6 Å². The molecule has 0 spiro atoms.